The minimum Gasteiger partial charge on any atom is -0.388 e. The van der Waals surface area contributed by atoms with Crippen LogP contribution in [0.1, 0.15) is 41.6 Å². The van der Waals surface area contributed by atoms with Crippen molar-refractivity contribution < 1.29 is 9.90 Å². The zero-order valence-corrected chi connectivity index (χ0v) is 11.8. The zero-order valence-electron chi connectivity index (χ0n) is 11.8. The van der Waals surface area contributed by atoms with Gasteiger partial charge in [0.15, 0.2) is 0 Å². The third-order valence-corrected chi connectivity index (χ3v) is 4.26. The van der Waals surface area contributed by atoms with Gasteiger partial charge in [0.25, 0.3) is 5.91 Å². The van der Waals surface area contributed by atoms with Crippen LogP contribution in [0.3, 0.4) is 0 Å². The number of likely N-dealkylation sites (tertiary alicyclic amines) is 1. The number of nitrogens with zero attached hydrogens (tertiary/aromatic N) is 1. The second-order valence-corrected chi connectivity index (χ2v) is 6.05. The highest BCUT2D eigenvalue weighted by Crippen LogP contribution is 2.34. The molecule has 0 aromatic heterocycles. The van der Waals surface area contributed by atoms with Gasteiger partial charge in [-0.3, -0.25) is 9.69 Å². The molecule has 1 saturated carbocycles. The lowest BCUT2D eigenvalue weighted by atomic mass is 10.1. The summed E-state index contributed by atoms with van der Waals surface area (Å²) in [5.74, 6) is -0.0693. The molecule has 0 atom stereocenters. The summed E-state index contributed by atoms with van der Waals surface area (Å²) in [5, 5.41) is 12.7. The molecule has 108 valence electrons. The van der Waals surface area contributed by atoms with E-state index in [2.05, 4.69) is 10.2 Å². The van der Waals surface area contributed by atoms with Crippen LogP contribution in [0, 0.1) is 0 Å². The van der Waals surface area contributed by atoms with Crippen molar-refractivity contribution in [2.24, 2.45) is 0 Å². The molecule has 4 heteroatoms. The van der Waals surface area contributed by atoms with Crippen LogP contribution in [0.4, 0.5) is 0 Å². The minimum atomic E-state index is -0.639. The summed E-state index contributed by atoms with van der Waals surface area (Å²) in [6.07, 6.45) is 4.09. The highest BCUT2D eigenvalue weighted by atomic mass is 16.3. The fraction of sp³-hybridized carbons (Fsp3) is 0.562. The Morgan fingerprint density at radius 2 is 1.95 bits per heavy atom. The first-order valence-electron chi connectivity index (χ1n) is 7.47. The van der Waals surface area contributed by atoms with Crippen molar-refractivity contribution in [2.75, 3.05) is 19.6 Å². The van der Waals surface area contributed by atoms with Gasteiger partial charge in [0.2, 0.25) is 0 Å². The molecule has 0 unspecified atom stereocenters. The molecule has 2 aliphatic rings. The quantitative estimate of drug-likeness (QED) is 0.856. The van der Waals surface area contributed by atoms with Crippen LogP contribution < -0.4 is 5.32 Å². The summed E-state index contributed by atoms with van der Waals surface area (Å²) in [4.78, 5) is 14.7. The Bertz CT molecular complexity index is 491. The molecule has 1 heterocycles. The van der Waals surface area contributed by atoms with E-state index in [1.54, 1.807) is 0 Å². The topological polar surface area (TPSA) is 52.6 Å². The molecule has 3 rings (SSSR count). The van der Waals surface area contributed by atoms with Gasteiger partial charge in [0.1, 0.15) is 0 Å². The molecule has 2 fully saturated rings. The molecule has 1 aromatic carbocycles. The van der Waals surface area contributed by atoms with E-state index in [9.17, 15) is 9.90 Å². The second kappa shape index (κ2) is 5.54. The Hall–Kier alpha value is -1.39. The lowest BCUT2D eigenvalue weighted by Crippen LogP contribution is -2.34. The maximum absolute atomic E-state index is 12.3. The Morgan fingerprint density at radius 3 is 2.65 bits per heavy atom. The van der Waals surface area contributed by atoms with Crippen molar-refractivity contribution >= 4 is 5.91 Å². The van der Waals surface area contributed by atoms with E-state index in [-0.39, 0.29) is 5.91 Å². The first kappa shape index (κ1) is 13.6. The van der Waals surface area contributed by atoms with E-state index in [4.69, 9.17) is 0 Å². The minimum absolute atomic E-state index is 0.0693. The van der Waals surface area contributed by atoms with Gasteiger partial charge in [-0.1, -0.05) is 18.2 Å². The van der Waals surface area contributed by atoms with E-state index < -0.39 is 5.60 Å². The number of benzene rings is 1. The van der Waals surface area contributed by atoms with E-state index in [1.165, 1.54) is 12.8 Å². The summed E-state index contributed by atoms with van der Waals surface area (Å²) in [5.41, 5.74) is 1.18. The first-order valence-corrected chi connectivity index (χ1v) is 7.47. The average molecular weight is 274 g/mol. The van der Waals surface area contributed by atoms with Crippen molar-refractivity contribution in [3.8, 4) is 0 Å². The molecule has 2 N–H and O–H groups in total. The predicted molar refractivity (Wildman–Crippen MR) is 77.5 cm³/mol. The van der Waals surface area contributed by atoms with Crippen LogP contribution in [0.25, 0.3) is 0 Å². The molecule has 0 bridgehead atoms. The van der Waals surface area contributed by atoms with Crippen LogP contribution in [-0.2, 0) is 6.54 Å². The smallest absolute Gasteiger partial charge is 0.251 e. The first-order chi connectivity index (χ1) is 9.66. The number of nitrogens with one attached hydrogen (secondary N) is 1. The zero-order chi connectivity index (χ0) is 14.0. The molecule has 0 radical (unpaired) electrons. The Kier molecular flexibility index (Phi) is 3.76. The van der Waals surface area contributed by atoms with Crippen molar-refractivity contribution in [3.05, 3.63) is 35.4 Å². The normalized spacial score (nSPS) is 20.9. The third kappa shape index (κ3) is 3.19. The van der Waals surface area contributed by atoms with Crippen molar-refractivity contribution in [3.63, 3.8) is 0 Å². The number of hydrogen-bond donors (Lipinski definition) is 2. The van der Waals surface area contributed by atoms with Crippen molar-refractivity contribution in [1.29, 1.82) is 0 Å². The lowest BCUT2D eigenvalue weighted by molar-refractivity contribution is 0.0894. The van der Waals surface area contributed by atoms with Crippen LogP contribution in [0.2, 0.25) is 0 Å². The largest absolute Gasteiger partial charge is 0.388 e. The van der Waals surface area contributed by atoms with Crippen LogP contribution in [0.5, 0.6) is 0 Å². The molecular weight excluding hydrogens is 252 g/mol. The summed E-state index contributed by atoms with van der Waals surface area (Å²) >= 11 is 0. The molecule has 4 nitrogen and oxygen atoms in total. The number of carbonyl (C=O) groups excluding carboxylic acids is 1. The fourth-order valence-electron chi connectivity index (χ4n) is 2.72. The van der Waals surface area contributed by atoms with Gasteiger partial charge in [0.05, 0.1) is 5.60 Å². The summed E-state index contributed by atoms with van der Waals surface area (Å²) < 4.78 is 0. The van der Waals surface area contributed by atoms with Crippen LogP contribution in [-0.4, -0.2) is 41.1 Å². The number of hydrogen-bond acceptors (Lipinski definition) is 3. The number of rotatable bonds is 5. The van der Waals surface area contributed by atoms with Crippen molar-refractivity contribution in [1.82, 2.24) is 10.2 Å². The van der Waals surface area contributed by atoms with Gasteiger partial charge in [-0.15, -0.1) is 0 Å². The highest BCUT2D eigenvalue weighted by molar-refractivity contribution is 5.95. The molecule has 20 heavy (non-hydrogen) atoms. The highest BCUT2D eigenvalue weighted by Gasteiger charge is 2.40. The lowest BCUT2D eigenvalue weighted by Gasteiger charge is -2.17. The SMILES string of the molecule is O=C(NCC1(O)CC1)c1ccccc1CN1CCCC1. The predicted octanol–water partition coefficient (Wildman–Crippen LogP) is 1.54. The van der Waals surface area contributed by atoms with Crippen LogP contribution in [0.15, 0.2) is 24.3 Å². The van der Waals surface area contributed by atoms with Crippen LogP contribution >= 0.6 is 0 Å². The molecule has 1 aliphatic carbocycles. The molecule has 1 aliphatic heterocycles. The van der Waals surface area contributed by atoms with Gasteiger partial charge in [-0.2, -0.15) is 0 Å². The number of carbonyl (C=O) groups is 1. The van der Waals surface area contributed by atoms with Gasteiger partial charge in [0, 0.05) is 18.7 Å². The Morgan fingerprint density at radius 1 is 1.25 bits per heavy atom. The fourth-order valence-corrected chi connectivity index (χ4v) is 2.72. The summed E-state index contributed by atoms with van der Waals surface area (Å²) in [6.45, 7) is 3.45. The Labute approximate surface area is 119 Å². The Balaban J connectivity index is 1.66. The summed E-state index contributed by atoms with van der Waals surface area (Å²) in [6, 6.07) is 7.78. The number of amides is 1. The maximum Gasteiger partial charge on any atom is 0.251 e. The van der Waals surface area contributed by atoms with Gasteiger partial charge in [-0.25, -0.2) is 0 Å². The van der Waals surface area contributed by atoms with Gasteiger partial charge in [-0.05, 0) is 50.4 Å². The third-order valence-electron chi connectivity index (χ3n) is 4.26. The second-order valence-electron chi connectivity index (χ2n) is 6.05. The van der Waals surface area contributed by atoms with E-state index >= 15 is 0 Å². The molecule has 0 spiro atoms. The molecule has 1 saturated heterocycles. The van der Waals surface area contributed by atoms with Gasteiger partial charge >= 0.3 is 0 Å². The summed E-state index contributed by atoms with van der Waals surface area (Å²) in [7, 11) is 0. The van der Waals surface area contributed by atoms with E-state index in [1.807, 2.05) is 24.3 Å². The monoisotopic (exact) mass is 274 g/mol. The average Bonchev–Trinajstić information content (AvgIpc) is 2.98. The molecule has 1 amide bonds. The molecular formula is C16H22N2O2. The van der Waals surface area contributed by atoms with E-state index in [0.717, 1.165) is 43.6 Å². The van der Waals surface area contributed by atoms with Gasteiger partial charge < -0.3 is 10.4 Å². The van der Waals surface area contributed by atoms with E-state index in [0.29, 0.717) is 6.54 Å². The number of aliphatic hydroxyl groups is 1. The molecule has 1 aromatic rings. The van der Waals surface area contributed by atoms with Crippen molar-refractivity contribution in [2.45, 2.75) is 37.8 Å². The maximum atomic E-state index is 12.3. The standard InChI is InChI=1S/C16H22N2O2/c19-15(17-12-16(20)7-8-16)14-6-2-1-5-13(14)11-18-9-3-4-10-18/h1-2,5-6,20H,3-4,7-12H2,(H,17,19).